The molecule has 1 aromatic carbocycles. The largest absolute Gasteiger partial charge is 0.496 e. The Morgan fingerprint density at radius 1 is 1.32 bits per heavy atom. The van der Waals surface area contributed by atoms with Crippen LogP contribution in [-0.4, -0.2) is 59.8 Å². The third-order valence-electron chi connectivity index (χ3n) is 4.14. The standard InChI is InChI=1S/C16H25FN2O.C4H4O4/c1-12(2)10-19(15-6-7-18-9-15)11-13-4-5-14(17)8-16(13)20-3;5-3(6)1-2-4(7)8/h4-5,8,12,15,18H,6-7,9-11H2,1-3H3;1-2H,(H,5,6)(H,7,8)/t15-;/m0./s1. The molecule has 1 aromatic rings. The van der Waals surface area contributed by atoms with Gasteiger partial charge in [0, 0.05) is 49.5 Å². The third kappa shape index (κ3) is 8.96. The fraction of sp³-hybridized carbons (Fsp3) is 0.500. The first-order valence-electron chi connectivity index (χ1n) is 9.14. The second-order valence-electron chi connectivity index (χ2n) is 6.94. The van der Waals surface area contributed by atoms with Gasteiger partial charge in [-0.25, -0.2) is 14.0 Å². The van der Waals surface area contributed by atoms with Crippen LogP contribution < -0.4 is 10.1 Å². The van der Waals surface area contributed by atoms with Crippen molar-refractivity contribution in [1.82, 2.24) is 10.2 Å². The summed E-state index contributed by atoms with van der Waals surface area (Å²) in [6.45, 7) is 8.45. The summed E-state index contributed by atoms with van der Waals surface area (Å²) in [5.41, 5.74) is 1.06. The molecule has 156 valence electrons. The highest BCUT2D eigenvalue weighted by molar-refractivity contribution is 5.89. The van der Waals surface area contributed by atoms with Crippen molar-refractivity contribution in [3.05, 3.63) is 41.7 Å². The molecule has 0 amide bonds. The molecule has 0 unspecified atom stereocenters. The summed E-state index contributed by atoms with van der Waals surface area (Å²) in [5, 5.41) is 19.0. The number of methoxy groups -OCH3 is 1. The average Bonchev–Trinajstić information content (AvgIpc) is 3.15. The van der Waals surface area contributed by atoms with E-state index in [1.807, 2.05) is 6.07 Å². The van der Waals surface area contributed by atoms with Gasteiger partial charge in [-0.05, 0) is 24.9 Å². The second-order valence-corrected chi connectivity index (χ2v) is 6.94. The second kappa shape index (κ2) is 12.1. The maximum absolute atomic E-state index is 13.3. The maximum Gasteiger partial charge on any atom is 0.328 e. The number of rotatable bonds is 8. The van der Waals surface area contributed by atoms with E-state index < -0.39 is 11.9 Å². The van der Waals surface area contributed by atoms with Crippen LogP contribution in [0, 0.1) is 11.7 Å². The van der Waals surface area contributed by atoms with E-state index in [1.54, 1.807) is 7.11 Å². The van der Waals surface area contributed by atoms with Crippen molar-refractivity contribution in [3.8, 4) is 5.75 Å². The molecule has 0 spiro atoms. The van der Waals surface area contributed by atoms with E-state index >= 15 is 0 Å². The van der Waals surface area contributed by atoms with Crippen molar-refractivity contribution in [2.24, 2.45) is 5.92 Å². The van der Waals surface area contributed by atoms with E-state index in [1.165, 1.54) is 18.6 Å². The molecule has 1 fully saturated rings. The van der Waals surface area contributed by atoms with Gasteiger partial charge in [-0.2, -0.15) is 0 Å². The van der Waals surface area contributed by atoms with Crippen molar-refractivity contribution in [3.63, 3.8) is 0 Å². The van der Waals surface area contributed by atoms with Crippen molar-refractivity contribution >= 4 is 11.9 Å². The van der Waals surface area contributed by atoms with Gasteiger partial charge in [0.15, 0.2) is 0 Å². The van der Waals surface area contributed by atoms with E-state index in [9.17, 15) is 14.0 Å². The number of nitrogens with zero attached hydrogens (tertiary/aromatic N) is 1. The summed E-state index contributed by atoms with van der Waals surface area (Å²) in [7, 11) is 1.60. The lowest BCUT2D eigenvalue weighted by atomic mass is 10.1. The number of hydrogen-bond acceptors (Lipinski definition) is 5. The molecule has 1 aliphatic heterocycles. The van der Waals surface area contributed by atoms with Crippen molar-refractivity contribution in [1.29, 1.82) is 0 Å². The van der Waals surface area contributed by atoms with Gasteiger partial charge >= 0.3 is 11.9 Å². The fourth-order valence-electron chi connectivity index (χ4n) is 2.97. The Morgan fingerprint density at radius 3 is 2.43 bits per heavy atom. The van der Waals surface area contributed by atoms with Gasteiger partial charge in [-0.15, -0.1) is 0 Å². The van der Waals surface area contributed by atoms with Gasteiger partial charge in [0.2, 0.25) is 0 Å². The Morgan fingerprint density at radius 2 is 1.96 bits per heavy atom. The molecule has 3 N–H and O–H groups in total. The smallest absolute Gasteiger partial charge is 0.328 e. The van der Waals surface area contributed by atoms with Crippen LogP contribution >= 0.6 is 0 Å². The van der Waals surface area contributed by atoms with E-state index in [-0.39, 0.29) is 5.82 Å². The molecule has 7 nitrogen and oxygen atoms in total. The van der Waals surface area contributed by atoms with Crippen LogP contribution in [0.25, 0.3) is 0 Å². The maximum atomic E-state index is 13.3. The molecular weight excluding hydrogens is 367 g/mol. The zero-order valence-electron chi connectivity index (χ0n) is 16.5. The fourth-order valence-corrected chi connectivity index (χ4v) is 2.97. The lowest BCUT2D eigenvalue weighted by molar-refractivity contribution is -0.134. The highest BCUT2D eigenvalue weighted by Crippen LogP contribution is 2.23. The lowest BCUT2D eigenvalue weighted by Gasteiger charge is -2.30. The number of carbonyl (C=O) groups is 2. The molecule has 1 aliphatic rings. The average molecular weight is 396 g/mol. The summed E-state index contributed by atoms with van der Waals surface area (Å²) < 4.78 is 18.6. The van der Waals surface area contributed by atoms with Gasteiger partial charge in [0.05, 0.1) is 7.11 Å². The van der Waals surface area contributed by atoms with E-state index in [0.717, 1.165) is 31.7 Å². The number of aliphatic carboxylic acids is 2. The molecular formula is C20H29FN2O5. The predicted octanol–water partition coefficient (Wildman–Crippen LogP) is 2.37. The van der Waals surface area contributed by atoms with Crippen LogP contribution in [-0.2, 0) is 16.1 Å². The molecule has 0 aromatic heterocycles. The number of ether oxygens (including phenoxy) is 1. The van der Waals surface area contributed by atoms with Crippen molar-refractivity contribution in [2.45, 2.75) is 32.9 Å². The lowest BCUT2D eigenvalue weighted by Crippen LogP contribution is -2.38. The number of hydrogen-bond donors (Lipinski definition) is 3. The Labute approximate surface area is 164 Å². The number of carboxylic acids is 2. The summed E-state index contributed by atoms with van der Waals surface area (Å²) in [6, 6.07) is 5.38. The van der Waals surface area contributed by atoms with E-state index in [2.05, 4.69) is 24.1 Å². The number of halogens is 1. The summed E-state index contributed by atoms with van der Waals surface area (Å²) in [5.74, 6) is -1.50. The molecule has 0 bridgehead atoms. The summed E-state index contributed by atoms with van der Waals surface area (Å²) in [4.78, 5) is 21.6. The Kier molecular flexibility index (Phi) is 10.2. The van der Waals surface area contributed by atoms with Crippen LogP contribution in [0.5, 0.6) is 5.75 Å². The molecule has 8 heteroatoms. The minimum absolute atomic E-state index is 0.247. The monoisotopic (exact) mass is 396 g/mol. The SMILES string of the molecule is COc1cc(F)ccc1CN(CC(C)C)[C@H]1CCNC1.O=C(O)C=CC(=O)O. The first-order valence-corrected chi connectivity index (χ1v) is 9.14. The number of benzene rings is 1. The molecule has 1 atom stereocenters. The van der Waals surface area contributed by atoms with Gasteiger partial charge in [-0.1, -0.05) is 19.9 Å². The van der Waals surface area contributed by atoms with Gasteiger partial charge in [0.1, 0.15) is 11.6 Å². The molecule has 1 heterocycles. The summed E-state index contributed by atoms with van der Waals surface area (Å²) >= 11 is 0. The highest BCUT2D eigenvalue weighted by atomic mass is 19.1. The Hall–Kier alpha value is -2.45. The number of nitrogens with one attached hydrogen (secondary N) is 1. The minimum atomic E-state index is -1.26. The zero-order chi connectivity index (χ0) is 21.1. The van der Waals surface area contributed by atoms with Crippen LogP contribution in [0.3, 0.4) is 0 Å². The number of carboxylic acid groups (broad SMARTS) is 2. The van der Waals surface area contributed by atoms with Gasteiger partial charge in [0.25, 0.3) is 0 Å². The van der Waals surface area contributed by atoms with Crippen LogP contribution in [0.2, 0.25) is 0 Å². The van der Waals surface area contributed by atoms with Crippen LogP contribution in [0.15, 0.2) is 30.4 Å². The molecule has 28 heavy (non-hydrogen) atoms. The summed E-state index contributed by atoms with van der Waals surface area (Å²) in [6.07, 6.45) is 2.29. The minimum Gasteiger partial charge on any atom is -0.496 e. The van der Waals surface area contributed by atoms with E-state index in [4.69, 9.17) is 14.9 Å². The van der Waals surface area contributed by atoms with Crippen molar-refractivity contribution < 1.29 is 28.9 Å². The first-order chi connectivity index (χ1) is 13.2. The zero-order valence-corrected chi connectivity index (χ0v) is 16.5. The van der Waals surface area contributed by atoms with E-state index in [0.29, 0.717) is 29.9 Å². The van der Waals surface area contributed by atoms with Crippen LogP contribution in [0.1, 0.15) is 25.8 Å². The topological polar surface area (TPSA) is 99.1 Å². The normalized spacial score (nSPS) is 16.3. The Bertz CT molecular complexity index is 657. The molecule has 0 saturated carbocycles. The molecule has 2 rings (SSSR count). The predicted molar refractivity (Wildman–Crippen MR) is 104 cm³/mol. The third-order valence-corrected chi connectivity index (χ3v) is 4.14. The molecule has 1 saturated heterocycles. The van der Waals surface area contributed by atoms with Crippen molar-refractivity contribution in [2.75, 3.05) is 26.7 Å². The van der Waals surface area contributed by atoms with Crippen LogP contribution in [0.4, 0.5) is 4.39 Å². The molecule has 0 radical (unpaired) electrons. The van der Waals surface area contributed by atoms with Gasteiger partial charge < -0.3 is 20.3 Å². The Balaban J connectivity index is 0.000000416. The molecule has 0 aliphatic carbocycles. The quantitative estimate of drug-likeness (QED) is 0.580. The van der Waals surface area contributed by atoms with Gasteiger partial charge in [-0.3, -0.25) is 4.90 Å². The first kappa shape index (κ1) is 23.6. The highest BCUT2D eigenvalue weighted by Gasteiger charge is 2.23.